The minimum absolute atomic E-state index is 0.0403. The van der Waals surface area contributed by atoms with E-state index in [4.69, 9.17) is 23.4 Å². The highest BCUT2D eigenvalue weighted by Crippen LogP contribution is 2.44. The van der Waals surface area contributed by atoms with E-state index in [9.17, 15) is 45.6 Å². The van der Waals surface area contributed by atoms with Crippen LogP contribution in [0, 0.1) is 0 Å². The predicted molar refractivity (Wildman–Crippen MR) is 142 cm³/mol. The van der Waals surface area contributed by atoms with Gasteiger partial charge in [-0.25, -0.2) is 0 Å². The third-order valence-electron chi connectivity index (χ3n) is 7.62. The largest absolute Gasteiger partial charge is 0.507 e. The van der Waals surface area contributed by atoms with Crippen molar-refractivity contribution in [3.63, 3.8) is 0 Å². The van der Waals surface area contributed by atoms with Crippen molar-refractivity contribution in [1.29, 1.82) is 0 Å². The predicted octanol–water partition coefficient (Wildman–Crippen LogP) is -0.754. The number of hydrogen-bond donors (Lipinski definition) is 8. The first-order chi connectivity index (χ1) is 20.0. The van der Waals surface area contributed by atoms with Gasteiger partial charge in [-0.15, -0.1) is 0 Å². The molecule has 14 nitrogen and oxygen atoms in total. The highest BCUT2D eigenvalue weighted by molar-refractivity contribution is 5.89. The Morgan fingerprint density at radius 1 is 0.857 bits per heavy atom. The lowest BCUT2D eigenvalue weighted by atomic mass is 9.89. The zero-order chi connectivity index (χ0) is 30.5. The van der Waals surface area contributed by atoms with Crippen LogP contribution in [0.5, 0.6) is 17.2 Å². The van der Waals surface area contributed by atoms with Crippen molar-refractivity contribution >= 4 is 11.0 Å². The Balaban J connectivity index is 1.59. The molecule has 2 aliphatic heterocycles. The second-order valence-corrected chi connectivity index (χ2v) is 10.3. The topological polar surface area (TPSA) is 229 Å². The number of methoxy groups -OCH3 is 1. The molecule has 3 heterocycles. The molecule has 0 saturated carbocycles. The van der Waals surface area contributed by atoms with Gasteiger partial charge in [0.25, 0.3) is 0 Å². The highest BCUT2D eigenvalue weighted by atomic mass is 16.7. The van der Waals surface area contributed by atoms with Crippen LogP contribution in [0.15, 0.2) is 45.6 Å². The molecule has 3 aromatic rings. The Hall–Kier alpha value is -3.31. The number of rotatable bonds is 6. The van der Waals surface area contributed by atoms with Gasteiger partial charge in [0.05, 0.1) is 25.4 Å². The Morgan fingerprint density at radius 3 is 2.19 bits per heavy atom. The molecule has 10 atom stereocenters. The Morgan fingerprint density at radius 2 is 1.55 bits per heavy atom. The molecule has 5 rings (SSSR count). The third-order valence-corrected chi connectivity index (χ3v) is 7.62. The van der Waals surface area contributed by atoms with Crippen molar-refractivity contribution in [2.45, 2.75) is 68.1 Å². The summed E-state index contributed by atoms with van der Waals surface area (Å²) >= 11 is 0. The van der Waals surface area contributed by atoms with Crippen molar-refractivity contribution in [1.82, 2.24) is 0 Å². The molecule has 42 heavy (non-hydrogen) atoms. The highest BCUT2D eigenvalue weighted by Gasteiger charge is 2.51. The molecule has 0 amide bonds. The molecule has 0 spiro atoms. The number of benzene rings is 2. The minimum Gasteiger partial charge on any atom is -0.507 e. The molecule has 1 aromatic heterocycles. The average molecular weight is 593 g/mol. The molecule has 14 heteroatoms. The Labute approximate surface area is 238 Å². The molecule has 228 valence electrons. The van der Waals surface area contributed by atoms with E-state index in [2.05, 4.69) is 0 Å². The molecule has 0 radical (unpaired) electrons. The summed E-state index contributed by atoms with van der Waals surface area (Å²) in [7, 11) is 1.49. The van der Waals surface area contributed by atoms with E-state index in [-0.39, 0.29) is 22.3 Å². The Bertz CT molecular complexity index is 1470. The normalized spacial score (nSPS) is 33.5. The number of aromatic hydroxyl groups is 2. The van der Waals surface area contributed by atoms with Gasteiger partial charge >= 0.3 is 0 Å². The molecule has 2 fully saturated rings. The number of aliphatic hydroxyl groups excluding tert-OH is 6. The number of ether oxygens (including phenoxy) is 4. The third kappa shape index (κ3) is 5.21. The van der Waals surface area contributed by atoms with Crippen LogP contribution in [-0.4, -0.2) is 110 Å². The van der Waals surface area contributed by atoms with Crippen molar-refractivity contribution in [3.8, 4) is 28.6 Å². The summed E-state index contributed by atoms with van der Waals surface area (Å²) < 4.78 is 28.0. The molecule has 0 aliphatic carbocycles. The van der Waals surface area contributed by atoms with Gasteiger partial charge < -0.3 is 64.2 Å². The van der Waals surface area contributed by atoms with E-state index >= 15 is 0 Å². The zero-order valence-electron chi connectivity index (χ0n) is 22.5. The van der Waals surface area contributed by atoms with Gasteiger partial charge in [0.2, 0.25) is 0 Å². The van der Waals surface area contributed by atoms with Gasteiger partial charge in [0.15, 0.2) is 17.3 Å². The van der Waals surface area contributed by atoms with E-state index in [0.29, 0.717) is 11.3 Å². The summed E-state index contributed by atoms with van der Waals surface area (Å²) in [5.41, 5.74) is -0.881. The van der Waals surface area contributed by atoms with Crippen LogP contribution in [0.2, 0.25) is 0 Å². The van der Waals surface area contributed by atoms with Gasteiger partial charge in [-0.2, -0.15) is 0 Å². The summed E-state index contributed by atoms with van der Waals surface area (Å²) in [5.74, 6) is -0.677. The minimum atomic E-state index is -1.86. The molecule has 2 aromatic carbocycles. The average Bonchev–Trinajstić information content (AvgIpc) is 2.97. The fourth-order valence-electron chi connectivity index (χ4n) is 5.26. The molecule has 0 bridgehead atoms. The summed E-state index contributed by atoms with van der Waals surface area (Å²) in [6.45, 7) is 0.628. The maximum absolute atomic E-state index is 13.1. The fraction of sp³-hybridized carbons (Fsp3) is 0.464. The number of fused-ring (bicyclic) bond motifs is 1. The van der Waals surface area contributed by atoms with E-state index in [1.54, 1.807) is 24.3 Å². The van der Waals surface area contributed by atoms with Gasteiger partial charge in [0, 0.05) is 17.7 Å². The monoisotopic (exact) mass is 592 g/mol. The second kappa shape index (κ2) is 11.8. The van der Waals surface area contributed by atoms with Crippen LogP contribution in [-0.2, 0) is 14.2 Å². The quantitative estimate of drug-likeness (QED) is 0.176. The molecule has 0 unspecified atom stereocenters. The fourth-order valence-corrected chi connectivity index (χ4v) is 5.26. The molecular formula is C28H32O14. The maximum atomic E-state index is 13.1. The van der Waals surface area contributed by atoms with E-state index < -0.39 is 84.8 Å². The van der Waals surface area contributed by atoms with Crippen LogP contribution in [0.3, 0.4) is 0 Å². The van der Waals surface area contributed by atoms with Crippen molar-refractivity contribution < 1.29 is 64.2 Å². The summed E-state index contributed by atoms with van der Waals surface area (Å²) in [5, 5.41) is 83.9. The van der Waals surface area contributed by atoms with Crippen LogP contribution < -0.4 is 10.2 Å². The summed E-state index contributed by atoms with van der Waals surface area (Å²) in [4.78, 5) is 13.1. The van der Waals surface area contributed by atoms with Gasteiger partial charge in [-0.3, -0.25) is 4.79 Å². The lowest BCUT2D eigenvalue weighted by Gasteiger charge is -2.46. The molecular weight excluding hydrogens is 560 g/mol. The first-order valence-electron chi connectivity index (χ1n) is 13.1. The van der Waals surface area contributed by atoms with Gasteiger partial charge in [-0.05, 0) is 31.2 Å². The van der Waals surface area contributed by atoms with Crippen LogP contribution >= 0.6 is 0 Å². The Kier molecular flexibility index (Phi) is 8.44. The molecule has 2 aliphatic rings. The first kappa shape index (κ1) is 30.2. The van der Waals surface area contributed by atoms with Crippen molar-refractivity contribution in [2.75, 3.05) is 13.7 Å². The van der Waals surface area contributed by atoms with E-state index in [0.717, 1.165) is 12.1 Å². The van der Waals surface area contributed by atoms with Crippen LogP contribution in [0.25, 0.3) is 22.3 Å². The smallest absolute Gasteiger partial charge is 0.197 e. The summed E-state index contributed by atoms with van der Waals surface area (Å²) in [6, 6.07) is 8.48. The van der Waals surface area contributed by atoms with Crippen LogP contribution in [0.1, 0.15) is 18.6 Å². The number of hydrogen-bond acceptors (Lipinski definition) is 14. The number of aliphatic hydroxyl groups is 6. The SMILES string of the molecule is COc1ccc(-c2cc(=O)c3c(O)cc(O)c([C@@H]4O[C@H](CO)[C@@H](O)[C@H](O[C@H]5O[C@H](C)[C@@H](O)[C@H](O)[C@@H]5O)[C@H]4O)c3o2)cc1. The van der Waals surface area contributed by atoms with E-state index in [1.807, 2.05) is 0 Å². The van der Waals surface area contributed by atoms with Gasteiger partial charge in [-0.1, -0.05) is 0 Å². The molecule has 2 saturated heterocycles. The standard InChI is InChI=1S/C28H32O14/c1-10-20(33)22(35)23(36)28(39-10)42-27-21(34)17(9-29)41-26(24(27)37)19-14(31)7-13(30)18-15(32)8-16(40-25(18)19)11-3-5-12(38-2)6-4-11/h3-8,10,17,20-24,26-31,33-37H,9H2,1-2H3/t10-,17-,20-,21-,22+,23+,24+,26+,27+,28-/m1/s1. The lowest BCUT2D eigenvalue weighted by molar-refractivity contribution is -0.338. The lowest BCUT2D eigenvalue weighted by Crippen LogP contribution is -2.62. The van der Waals surface area contributed by atoms with Gasteiger partial charge in [0.1, 0.15) is 77.2 Å². The van der Waals surface area contributed by atoms with Crippen molar-refractivity contribution in [3.05, 3.63) is 52.2 Å². The maximum Gasteiger partial charge on any atom is 0.197 e. The zero-order valence-corrected chi connectivity index (χ0v) is 22.5. The number of phenols is 2. The van der Waals surface area contributed by atoms with Crippen molar-refractivity contribution in [2.24, 2.45) is 0 Å². The van der Waals surface area contributed by atoms with Crippen LogP contribution in [0.4, 0.5) is 0 Å². The summed E-state index contributed by atoms with van der Waals surface area (Å²) in [6.07, 6.45) is -15.8. The second-order valence-electron chi connectivity index (χ2n) is 10.3. The number of phenolic OH excluding ortho intramolecular Hbond substituents is 2. The first-order valence-corrected chi connectivity index (χ1v) is 13.1. The van der Waals surface area contributed by atoms with E-state index in [1.165, 1.54) is 14.0 Å². The molecule has 8 N–H and O–H groups in total.